The first-order valence-electron chi connectivity index (χ1n) is 5.05. The third-order valence-electron chi connectivity index (χ3n) is 2.21. The van der Waals surface area contributed by atoms with Gasteiger partial charge in [0.05, 0.1) is 24.9 Å². The summed E-state index contributed by atoms with van der Waals surface area (Å²) < 4.78 is 9.62. The van der Waals surface area contributed by atoms with E-state index >= 15 is 0 Å². The topological polar surface area (TPSA) is 47.6 Å². The van der Waals surface area contributed by atoms with E-state index in [2.05, 4.69) is 5.32 Å². The molecule has 0 aliphatic heterocycles. The van der Waals surface area contributed by atoms with E-state index in [1.807, 2.05) is 13.0 Å². The van der Waals surface area contributed by atoms with Crippen LogP contribution in [0.1, 0.15) is 5.56 Å². The molecule has 1 rings (SSSR count). The first-order valence-corrected chi connectivity index (χ1v) is 5.81. The zero-order valence-electron chi connectivity index (χ0n) is 10.2. The van der Waals surface area contributed by atoms with Gasteiger partial charge in [-0.15, -0.1) is 0 Å². The Hall–Kier alpha value is -1.39. The zero-order valence-corrected chi connectivity index (χ0v) is 11.7. The second-order valence-corrected chi connectivity index (χ2v) is 4.18. The Balaban J connectivity index is 2.99. The van der Waals surface area contributed by atoms with Gasteiger partial charge < -0.3 is 14.8 Å². The van der Waals surface area contributed by atoms with Crippen LogP contribution in [0, 0.1) is 6.92 Å². The minimum absolute atomic E-state index is 0.0566. The maximum atomic E-state index is 11.9. The standard InChI is InChI=1S/C12H13Cl2NO3/c1-7-5-4-6-8(13)10(7)15-11(16)9(14)12(17-2)18-3/h4-6H,1-3H3,(H,15,16). The fourth-order valence-electron chi connectivity index (χ4n) is 1.31. The lowest BCUT2D eigenvalue weighted by Gasteiger charge is -2.11. The van der Waals surface area contributed by atoms with E-state index in [0.717, 1.165) is 5.56 Å². The summed E-state index contributed by atoms with van der Waals surface area (Å²) in [4.78, 5) is 11.9. The van der Waals surface area contributed by atoms with Gasteiger partial charge in [0.15, 0.2) is 5.03 Å². The van der Waals surface area contributed by atoms with E-state index in [0.29, 0.717) is 10.7 Å². The Morgan fingerprint density at radius 1 is 1.28 bits per heavy atom. The highest BCUT2D eigenvalue weighted by Gasteiger charge is 2.17. The molecule has 1 N–H and O–H groups in total. The highest BCUT2D eigenvalue weighted by Crippen LogP contribution is 2.26. The molecule has 1 aromatic rings. The number of anilines is 1. The Labute approximate surface area is 115 Å². The molecule has 0 atom stereocenters. The molecule has 6 heteroatoms. The number of nitrogens with one attached hydrogen (secondary N) is 1. The Bertz CT molecular complexity index is 460. The van der Waals surface area contributed by atoms with Crippen molar-refractivity contribution in [1.82, 2.24) is 0 Å². The van der Waals surface area contributed by atoms with Crippen molar-refractivity contribution in [3.63, 3.8) is 0 Å². The molecule has 98 valence electrons. The summed E-state index contributed by atoms with van der Waals surface area (Å²) in [6.07, 6.45) is 0. The third-order valence-corrected chi connectivity index (χ3v) is 2.85. The quantitative estimate of drug-likeness (QED) is 0.683. The largest absolute Gasteiger partial charge is 0.468 e. The lowest BCUT2D eigenvalue weighted by molar-refractivity contribution is -0.112. The lowest BCUT2D eigenvalue weighted by Crippen LogP contribution is -2.15. The minimum Gasteiger partial charge on any atom is -0.468 e. The van der Waals surface area contributed by atoms with Crippen molar-refractivity contribution >= 4 is 34.8 Å². The monoisotopic (exact) mass is 289 g/mol. The second-order valence-electron chi connectivity index (χ2n) is 3.40. The van der Waals surface area contributed by atoms with Crippen molar-refractivity contribution in [1.29, 1.82) is 0 Å². The molecule has 1 amide bonds. The number of aryl methyl sites for hydroxylation is 1. The van der Waals surface area contributed by atoms with Crippen molar-refractivity contribution in [2.24, 2.45) is 0 Å². The molecule has 0 aromatic heterocycles. The molecule has 0 aliphatic carbocycles. The number of amides is 1. The highest BCUT2D eigenvalue weighted by molar-refractivity contribution is 6.44. The predicted octanol–water partition coefficient (Wildman–Crippen LogP) is 3.29. The summed E-state index contributed by atoms with van der Waals surface area (Å²) in [5, 5.41) is 2.86. The number of para-hydroxylation sites is 1. The molecule has 0 aliphatic rings. The highest BCUT2D eigenvalue weighted by atomic mass is 35.5. The SMILES string of the molecule is COC(OC)=C(Cl)C(=O)Nc1c(C)cccc1Cl. The molecule has 1 aromatic carbocycles. The van der Waals surface area contributed by atoms with E-state index in [4.69, 9.17) is 32.7 Å². The first-order chi connectivity index (χ1) is 8.51. The van der Waals surface area contributed by atoms with Gasteiger partial charge >= 0.3 is 5.95 Å². The number of hydrogen-bond donors (Lipinski definition) is 1. The summed E-state index contributed by atoms with van der Waals surface area (Å²) >= 11 is 11.8. The number of halogens is 2. The average molecular weight is 290 g/mol. The van der Waals surface area contributed by atoms with Gasteiger partial charge in [-0.1, -0.05) is 35.3 Å². The second kappa shape index (κ2) is 6.52. The van der Waals surface area contributed by atoms with E-state index < -0.39 is 5.91 Å². The van der Waals surface area contributed by atoms with Gasteiger partial charge in [0.1, 0.15) is 0 Å². The Morgan fingerprint density at radius 2 is 1.89 bits per heavy atom. The molecule has 0 saturated heterocycles. The maximum absolute atomic E-state index is 11.9. The maximum Gasteiger partial charge on any atom is 0.303 e. The van der Waals surface area contributed by atoms with Crippen LogP contribution in [-0.2, 0) is 14.3 Å². The van der Waals surface area contributed by atoms with Crippen molar-refractivity contribution in [2.75, 3.05) is 19.5 Å². The van der Waals surface area contributed by atoms with Crippen LogP contribution in [0.15, 0.2) is 29.2 Å². The zero-order chi connectivity index (χ0) is 13.7. The van der Waals surface area contributed by atoms with E-state index in [9.17, 15) is 4.79 Å². The third kappa shape index (κ3) is 3.31. The van der Waals surface area contributed by atoms with Crippen LogP contribution >= 0.6 is 23.2 Å². The van der Waals surface area contributed by atoms with Crippen LogP contribution in [0.5, 0.6) is 0 Å². The molecule has 18 heavy (non-hydrogen) atoms. The van der Waals surface area contributed by atoms with Gasteiger partial charge in [0, 0.05) is 0 Å². The number of hydrogen-bond acceptors (Lipinski definition) is 3. The molecule has 0 saturated carbocycles. The molecular formula is C12H13Cl2NO3. The van der Waals surface area contributed by atoms with Gasteiger partial charge in [0.25, 0.3) is 5.91 Å². The van der Waals surface area contributed by atoms with Crippen LogP contribution < -0.4 is 5.32 Å². The molecule has 4 nitrogen and oxygen atoms in total. The lowest BCUT2D eigenvalue weighted by atomic mass is 10.2. The summed E-state index contributed by atoms with van der Waals surface area (Å²) in [6.45, 7) is 1.83. The minimum atomic E-state index is -0.549. The molecule has 0 heterocycles. The van der Waals surface area contributed by atoms with Gasteiger partial charge in [-0.25, -0.2) is 0 Å². The van der Waals surface area contributed by atoms with Crippen molar-refractivity contribution in [3.8, 4) is 0 Å². The molecule has 0 fully saturated rings. The summed E-state index contributed by atoms with van der Waals surface area (Å²) in [5.74, 6) is -0.606. The van der Waals surface area contributed by atoms with Crippen LogP contribution in [0.25, 0.3) is 0 Å². The molecular weight excluding hydrogens is 277 g/mol. The fraction of sp³-hybridized carbons (Fsp3) is 0.250. The van der Waals surface area contributed by atoms with Crippen LogP contribution in [0.2, 0.25) is 5.02 Å². The van der Waals surface area contributed by atoms with Gasteiger partial charge in [0.2, 0.25) is 0 Å². The first kappa shape index (κ1) is 14.7. The normalized spacial score (nSPS) is 9.61. The van der Waals surface area contributed by atoms with Gasteiger partial charge in [-0.2, -0.15) is 0 Å². The molecule has 0 radical (unpaired) electrons. The van der Waals surface area contributed by atoms with Crippen molar-refractivity contribution < 1.29 is 14.3 Å². The molecule has 0 spiro atoms. The summed E-state index contributed by atoms with van der Waals surface area (Å²) in [5.41, 5.74) is 1.34. The van der Waals surface area contributed by atoms with Crippen molar-refractivity contribution in [3.05, 3.63) is 39.8 Å². The number of ether oxygens (including phenoxy) is 2. The van der Waals surface area contributed by atoms with Crippen LogP contribution in [-0.4, -0.2) is 20.1 Å². The predicted molar refractivity (Wildman–Crippen MR) is 71.7 cm³/mol. The summed E-state index contributed by atoms with van der Waals surface area (Å²) in [7, 11) is 2.71. The van der Waals surface area contributed by atoms with E-state index in [1.165, 1.54) is 14.2 Å². The number of methoxy groups -OCH3 is 2. The molecule has 0 bridgehead atoms. The fourth-order valence-corrected chi connectivity index (χ4v) is 1.78. The van der Waals surface area contributed by atoms with Crippen LogP contribution in [0.4, 0.5) is 5.69 Å². The van der Waals surface area contributed by atoms with Gasteiger partial charge in [-0.05, 0) is 18.6 Å². The molecule has 0 unspecified atom stereocenters. The number of rotatable bonds is 4. The van der Waals surface area contributed by atoms with E-state index in [1.54, 1.807) is 12.1 Å². The van der Waals surface area contributed by atoms with E-state index in [-0.39, 0.29) is 11.0 Å². The average Bonchev–Trinajstić information content (AvgIpc) is 2.35. The Kier molecular flexibility index (Phi) is 5.31. The Morgan fingerprint density at radius 3 is 2.39 bits per heavy atom. The number of carbonyl (C=O) groups excluding carboxylic acids is 1. The summed E-state index contributed by atoms with van der Waals surface area (Å²) in [6, 6.07) is 5.29. The van der Waals surface area contributed by atoms with Crippen molar-refractivity contribution in [2.45, 2.75) is 6.92 Å². The number of carbonyl (C=O) groups is 1. The number of benzene rings is 1. The van der Waals surface area contributed by atoms with Crippen LogP contribution in [0.3, 0.4) is 0 Å². The smallest absolute Gasteiger partial charge is 0.303 e. The van der Waals surface area contributed by atoms with Gasteiger partial charge in [-0.3, -0.25) is 4.79 Å².